The first-order valence-corrected chi connectivity index (χ1v) is 6.97. The van der Waals surface area contributed by atoms with Crippen molar-refractivity contribution in [1.82, 2.24) is 10.3 Å². The van der Waals surface area contributed by atoms with Crippen LogP contribution in [0.15, 0.2) is 18.3 Å². The number of pyridine rings is 1. The van der Waals surface area contributed by atoms with Crippen molar-refractivity contribution in [3.8, 4) is 0 Å². The van der Waals surface area contributed by atoms with Gasteiger partial charge in [-0.3, -0.25) is 4.79 Å². The maximum atomic E-state index is 12.2. The summed E-state index contributed by atoms with van der Waals surface area (Å²) in [5.41, 5.74) is 0.812. The molecule has 1 fully saturated rings. The Morgan fingerprint density at radius 2 is 2.16 bits per heavy atom. The molecule has 4 heteroatoms. The van der Waals surface area contributed by atoms with Crippen LogP contribution in [0, 0.1) is 5.41 Å². The Labute approximate surface area is 115 Å². The van der Waals surface area contributed by atoms with Crippen LogP contribution in [0.5, 0.6) is 0 Å². The van der Waals surface area contributed by atoms with Crippen molar-refractivity contribution in [1.29, 1.82) is 0 Å². The molecule has 104 valence electrons. The van der Waals surface area contributed by atoms with Gasteiger partial charge in [-0.15, -0.1) is 0 Å². The minimum atomic E-state index is -0.0184. The number of rotatable bonds is 3. The zero-order valence-corrected chi connectivity index (χ0v) is 12.0. The lowest BCUT2D eigenvalue weighted by atomic mass is 9.73. The first-order chi connectivity index (χ1) is 9.03. The van der Waals surface area contributed by atoms with Crippen LogP contribution < -0.4 is 10.6 Å². The third-order valence-corrected chi connectivity index (χ3v) is 4.09. The number of anilines is 1. The second-order valence-electron chi connectivity index (χ2n) is 5.94. The number of carbonyl (C=O) groups is 1. The molecule has 1 atom stereocenters. The van der Waals surface area contributed by atoms with E-state index in [1.807, 2.05) is 19.2 Å². The molecular weight excluding hydrogens is 238 g/mol. The van der Waals surface area contributed by atoms with Crippen LogP contribution in [0.1, 0.15) is 49.9 Å². The summed E-state index contributed by atoms with van der Waals surface area (Å²) in [6.07, 6.45) is 6.33. The van der Waals surface area contributed by atoms with Crippen molar-refractivity contribution in [2.75, 3.05) is 12.4 Å². The number of hydrogen-bond donors (Lipinski definition) is 2. The van der Waals surface area contributed by atoms with Crippen LogP contribution >= 0.6 is 0 Å². The quantitative estimate of drug-likeness (QED) is 0.879. The lowest BCUT2D eigenvalue weighted by Crippen LogP contribution is -2.46. The summed E-state index contributed by atoms with van der Waals surface area (Å²) >= 11 is 0. The van der Waals surface area contributed by atoms with Gasteiger partial charge in [0.15, 0.2) is 0 Å². The van der Waals surface area contributed by atoms with Crippen LogP contribution in [0.3, 0.4) is 0 Å². The summed E-state index contributed by atoms with van der Waals surface area (Å²) in [5, 5.41) is 6.11. The third kappa shape index (κ3) is 3.25. The first-order valence-electron chi connectivity index (χ1n) is 6.97. The van der Waals surface area contributed by atoms with E-state index < -0.39 is 0 Å². The molecule has 1 heterocycles. The van der Waals surface area contributed by atoms with Crippen molar-refractivity contribution >= 4 is 11.7 Å². The summed E-state index contributed by atoms with van der Waals surface area (Å²) in [5.74, 6) is 0.754. The largest absolute Gasteiger partial charge is 0.373 e. The van der Waals surface area contributed by atoms with E-state index in [4.69, 9.17) is 0 Å². The summed E-state index contributed by atoms with van der Waals surface area (Å²) in [4.78, 5) is 16.4. The Bertz CT molecular complexity index is 439. The number of hydrogen-bond acceptors (Lipinski definition) is 3. The van der Waals surface area contributed by atoms with E-state index in [2.05, 4.69) is 29.5 Å². The summed E-state index contributed by atoms with van der Waals surface area (Å²) in [6, 6.07) is 3.89. The summed E-state index contributed by atoms with van der Waals surface area (Å²) in [6.45, 7) is 4.47. The minimum absolute atomic E-state index is 0.0184. The van der Waals surface area contributed by atoms with Gasteiger partial charge in [0.2, 0.25) is 0 Å². The molecule has 0 bridgehead atoms. The van der Waals surface area contributed by atoms with E-state index >= 15 is 0 Å². The molecule has 19 heavy (non-hydrogen) atoms. The molecule has 1 aromatic rings. The molecule has 1 saturated carbocycles. The predicted molar refractivity (Wildman–Crippen MR) is 77.3 cm³/mol. The Morgan fingerprint density at radius 1 is 1.37 bits per heavy atom. The summed E-state index contributed by atoms with van der Waals surface area (Å²) in [7, 11) is 1.81. The topological polar surface area (TPSA) is 54.0 Å². The standard InChI is InChI=1S/C15H23N3O/c1-15(2)9-5-4-6-12(15)18-14(19)11-7-8-13(16-3)17-10-11/h7-8,10,12H,4-6,9H2,1-3H3,(H,16,17)(H,18,19). The average Bonchev–Trinajstić information content (AvgIpc) is 2.41. The average molecular weight is 261 g/mol. The van der Waals surface area contributed by atoms with E-state index in [0.29, 0.717) is 5.56 Å². The monoisotopic (exact) mass is 261 g/mol. The summed E-state index contributed by atoms with van der Waals surface area (Å²) < 4.78 is 0. The molecule has 2 N–H and O–H groups in total. The van der Waals surface area contributed by atoms with Gasteiger partial charge in [0.25, 0.3) is 5.91 Å². The molecule has 0 aliphatic heterocycles. The van der Waals surface area contributed by atoms with Gasteiger partial charge in [0.05, 0.1) is 5.56 Å². The Hall–Kier alpha value is -1.58. The highest BCUT2D eigenvalue weighted by molar-refractivity contribution is 5.94. The number of amides is 1. The number of nitrogens with one attached hydrogen (secondary N) is 2. The molecule has 0 spiro atoms. The van der Waals surface area contributed by atoms with Crippen molar-refractivity contribution < 1.29 is 4.79 Å². The van der Waals surface area contributed by atoms with Gasteiger partial charge in [0, 0.05) is 19.3 Å². The lowest BCUT2D eigenvalue weighted by molar-refractivity contribution is 0.0853. The van der Waals surface area contributed by atoms with E-state index in [9.17, 15) is 4.79 Å². The molecular formula is C15H23N3O. The van der Waals surface area contributed by atoms with Gasteiger partial charge in [-0.05, 0) is 30.4 Å². The first kappa shape index (κ1) is 13.8. The van der Waals surface area contributed by atoms with Gasteiger partial charge in [-0.1, -0.05) is 26.7 Å². The van der Waals surface area contributed by atoms with E-state index in [1.165, 1.54) is 19.3 Å². The molecule has 2 rings (SSSR count). The van der Waals surface area contributed by atoms with Gasteiger partial charge < -0.3 is 10.6 Å². The minimum Gasteiger partial charge on any atom is -0.373 e. The fourth-order valence-corrected chi connectivity index (χ4v) is 2.68. The second-order valence-corrected chi connectivity index (χ2v) is 5.94. The molecule has 0 radical (unpaired) electrons. The Morgan fingerprint density at radius 3 is 2.74 bits per heavy atom. The van der Waals surface area contributed by atoms with Crippen LogP contribution in [0.4, 0.5) is 5.82 Å². The molecule has 1 unspecified atom stereocenters. The zero-order chi connectivity index (χ0) is 13.9. The second kappa shape index (κ2) is 5.59. The fraction of sp³-hybridized carbons (Fsp3) is 0.600. The molecule has 1 amide bonds. The van der Waals surface area contributed by atoms with Crippen LogP contribution in [-0.2, 0) is 0 Å². The van der Waals surface area contributed by atoms with Gasteiger partial charge >= 0.3 is 0 Å². The highest BCUT2D eigenvalue weighted by Crippen LogP contribution is 2.35. The molecule has 1 aliphatic carbocycles. The van der Waals surface area contributed by atoms with Gasteiger partial charge in [-0.25, -0.2) is 4.98 Å². The van der Waals surface area contributed by atoms with Crippen LogP contribution in [0.2, 0.25) is 0 Å². The normalized spacial score (nSPS) is 21.7. The van der Waals surface area contributed by atoms with E-state index in [-0.39, 0.29) is 17.4 Å². The molecule has 1 aromatic heterocycles. The van der Waals surface area contributed by atoms with Gasteiger partial charge in [0.1, 0.15) is 5.82 Å². The Balaban J connectivity index is 2.03. The maximum Gasteiger partial charge on any atom is 0.253 e. The van der Waals surface area contributed by atoms with Crippen molar-refractivity contribution in [3.05, 3.63) is 23.9 Å². The van der Waals surface area contributed by atoms with Gasteiger partial charge in [-0.2, -0.15) is 0 Å². The third-order valence-electron chi connectivity index (χ3n) is 4.09. The zero-order valence-electron chi connectivity index (χ0n) is 12.0. The predicted octanol–water partition coefficient (Wildman–Crippen LogP) is 2.82. The number of nitrogens with zero attached hydrogens (tertiary/aromatic N) is 1. The molecule has 4 nitrogen and oxygen atoms in total. The highest BCUT2D eigenvalue weighted by Gasteiger charge is 2.33. The maximum absolute atomic E-state index is 12.2. The Kier molecular flexibility index (Phi) is 4.08. The SMILES string of the molecule is CNc1ccc(C(=O)NC2CCCCC2(C)C)cn1. The van der Waals surface area contributed by atoms with Crippen LogP contribution in [0.25, 0.3) is 0 Å². The molecule has 0 saturated heterocycles. The smallest absolute Gasteiger partial charge is 0.253 e. The highest BCUT2D eigenvalue weighted by atomic mass is 16.1. The fourth-order valence-electron chi connectivity index (χ4n) is 2.68. The van der Waals surface area contributed by atoms with Crippen LogP contribution in [-0.4, -0.2) is 24.0 Å². The molecule has 0 aromatic carbocycles. The number of aromatic nitrogens is 1. The van der Waals surface area contributed by atoms with Crippen molar-refractivity contribution in [3.63, 3.8) is 0 Å². The van der Waals surface area contributed by atoms with E-state index in [0.717, 1.165) is 12.2 Å². The van der Waals surface area contributed by atoms with Crippen molar-refractivity contribution in [2.45, 2.75) is 45.6 Å². The molecule has 1 aliphatic rings. The van der Waals surface area contributed by atoms with Crippen molar-refractivity contribution in [2.24, 2.45) is 5.41 Å². The number of carbonyl (C=O) groups excluding carboxylic acids is 1. The lowest BCUT2D eigenvalue weighted by Gasteiger charge is -2.39. The van der Waals surface area contributed by atoms with E-state index in [1.54, 1.807) is 6.20 Å².